The van der Waals surface area contributed by atoms with Crippen LogP contribution in [-0.4, -0.2) is 20.0 Å². The fraction of sp³-hybridized carbons (Fsp3) is 0.211. The largest absolute Gasteiger partial charge is 0.492 e. The van der Waals surface area contributed by atoms with E-state index >= 15 is 0 Å². The maximum Gasteiger partial charge on any atom is 0.244 e. The molecular weight excluding hydrogens is 448 g/mol. The van der Waals surface area contributed by atoms with Gasteiger partial charge >= 0.3 is 0 Å². The number of hydrogen-bond acceptors (Lipinski definition) is 5. The van der Waals surface area contributed by atoms with Gasteiger partial charge in [-0.25, -0.2) is 18.1 Å². The van der Waals surface area contributed by atoms with Crippen LogP contribution < -0.4 is 9.46 Å². The summed E-state index contributed by atoms with van der Waals surface area (Å²) in [5, 5.41) is 0.875. The van der Waals surface area contributed by atoms with E-state index in [1.165, 1.54) is 11.3 Å². The van der Waals surface area contributed by atoms with E-state index in [4.69, 9.17) is 4.74 Å². The molecule has 5 nitrogen and oxygen atoms in total. The van der Waals surface area contributed by atoms with Gasteiger partial charge in [0.15, 0.2) is 0 Å². The molecule has 0 unspecified atom stereocenters. The lowest BCUT2D eigenvalue weighted by molar-refractivity contribution is 0.331. The molecule has 0 saturated heterocycles. The van der Waals surface area contributed by atoms with Gasteiger partial charge in [0.25, 0.3) is 0 Å². The van der Waals surface area contributed by atoms with Gasteiger partial charge in [-0.05, 0) is 32.0 Å². The molecule has 1 N–H and O–H groups in total. The van der Waals surface area contributed by atoms with Gasteiger partial charge in [0, 0.05) is 21.5 Å². The van der Waals surface area contributed by atoms with E-state index in [1.54, 1.807) is 18.2 Å². The van der Waals surface area contributed by atoms with Crippen LogP contribution in [0.1, 0.15) is 17.5 Å². The number of rotatable bonds is 7. The Morgan fingerprint density at radius 2 is 1.93 bits per heavy atom. The highest BCUT2D eigenvalue weighted by Crippen LogP contribution is 2.30. The second kappa shape index (κ2) is 8.52. The summed E-state index contributed by atoms with van der Waals surface area (Å²) in [7, 11) is -3.73. The molecule has 0 aliphatic heterocycles. The van der Waals surface area contributed by atoms with E-state index in [0.717, 1.165) is 21.1 Å². The topological polar surface area (TPSA) is 68.3 Å². The first-order valence-corrected chi connectivity index (χ1v) is 11.4. The van der Waals surface area contributed by atoms with Crippen LogP contribution in [0.3, 0.4) is 0 Å². The number of thiazole rings is 1. The lowest BCUT2D eigenvalue weighted by atomic mass is 10.2. The van der Waals surface area contributed by atoms with Crippen LogP contribution >= 0.6 is 27.3 Å². The molecule has 0 aliphatic rings. The van der Waals surface area contributed by atoms with E-state index in [0.29, 0.717) is 16.8 Å². The minimum atomic E-state index is -3.73. The molecule has 3 aromatic rings. The molecule has 8 heteroatoms. The Morgan fingerprint density at radius 3 is 2.63 bits per heavy atom. The van der Waals surface area contributed by atoms with Crippen molar-refractivity contribution in [3.05, 3.63) is 63.6 Å². The van der Waals surface area contributed by atoms with Crippen LogP contribution in [0, 0.1) is 6.92 Å². The molecule has 27 heavy (non-hydrogen) atoms. The molecule has 0 aliphatic carbocycles. The van der Waals surface area contributed by atoms with Crippen molar-refractivity contribution in [3.63, 3.8) is 0 Å². The summed E-state index contributed by atoms with van der Waals surface area (Å²) in [5.41, 5.74) is 1.84. The molecule has 0 bridgehead atoms. The lowest BCUT2D eigenvalue weighted by Crippen LogP contribution is -2.23. The molecule has 0 spiro atoms. The molecule has 0 radical (unpaired) electrons. The lowest BCUT2D eigenvalue weighted by Gasteiger charge is -2.12. The van der Waals surface area contributed by atoms with Gasteiger partial charge in [0.1, 0.15) is 15.7 Å². The van der Waals surface area contributed by atoms with Crippen molar-refractivity contribution in [2.24, 2.45) is 0 Å². The van der Waals surface area contributed by atoms with Crippen LogP contribution in [0.2, 0.25) is 0 Å². The molecule has 3 rings (SSSR count). The number of ether oxygens (including phenoxy) is 1. The normalized spacial score (nSPS) is 11.5. The average Bonchev–Trinajstić information content (AvgIpc) is 3.03. The number of aryl methyl sites for hydroxylation is 1. The van der Waals surface area contributed by atoms with Crippen LogP contribution in [0.15, 0.2) is 57.9 Å². The average molecular weight is 467 g/mol. The molecule has 1 aromatic heterocycles. The van der Waals surface area contributed by atoms with Gasteiger partial charge in [-0.15, -0.1) is 11.3 Å². The zero-order valence-electron chi connectivity index (χ0n) is 14.9. The fourth-order valence-electron chi connectivity index (χ4n) is 2.50. The Morgan fingerprint density at radius 1 is 1.19 bits per heavy atom. The van der Waals surface area contributed by atoms with Crippen molar-refractivity contribution in [3.8, 4) is 16.3 Å². The first kappa shape index (κ1) is 20.0. The summed E-state index contributed by atoms with van der Waals surface area (Å²) in [6, 6.07) is 14.8. The maximum absolute atomic E-state index is 12.8. The van der Waals surface area contributed by atoms with Gasteiger partial charge in [0.2, 0.25) is 10.0 Å². The number of nitrogens with one attached hydrogen (secondary N) is 1. The van der Waals surface area contributed by atoms with E-state index in [9.17, 15) is 8.42 Å². The molecule has 142 valence electrons. The number of aromatic nitrogens is 1. The van der Waals surface area contributed by atoms with Gasteiger partial charge in [0.05, 0.1) is 12.3 Å². The first-order chi connectivity index (χ1) is 12.9. The Labute approximate surface area is 171 Å². The van der Waals surface area contributed by atoms with Crippen molar-refractivity contribution < 1.29 is 13.2 Å². The first-order valence-electron chi connectivity index (χ1n) is 8.34. The van der Waals surface area contributed by atoms with Crippen molar-refractivity contribution in [2.45, 2.75) is 25.3 Å². The van der Waals surface area contributed by atoms with Crippen LogP contribution in [0.25, 0.3) is 10.6 Å². The summed E-state index contributed by atoms with van der Waals surface area (Å²) < 4.78 is 34.4. The third kappa shape index (κ3) is 4.76. The van der Waals surface area contributed by atoms with Crippen LogP contribution in [0.5, 0.6) is 5.75 Å². The van der Waals surface area contributed by atoms with E-state index in [-0.39, 0.29) is 11.4 Å². The molecule has 2 aromatic carbocycles. The minimum Gasteiger partial charge on any atom is -0.492 e. The zero-order chi connectivity index (χ0) is 19.4. The Balaban J connectivity index is 1.83. The fourth-order valence-corrected chi connectivity index (χ4v) is 5.28. The van der Waals surface area contributed by atoms with Gasteiger partial charge in [-0.1, -0.05) is 46.3 Å². The molecule has 0 amide bonds. The minimum absolute atomic E-state index is 0.115. The SMILES string of the molecule is CCOc1ccc(Br)cc1S(=O)(=O)NCc1sc(-c2ccccc2)nc1C. The number of hydrogen-bond donors (Lipinski definition) is 1. The molecule has 1 heterocycles. The summed E-state index contributed by atoms with van der Waals surface area (Å²) in [5.74, 6) is 0.333. The van der Waals surface area contributed by atoms with E-state index < -0.39 is 10.0 Å². The van der Waals surface area contributed by atoms with Gasteiger partial charge in [-0.2, -0.15) is 0 Å². The van der Waals surface area contributed by atoms with Crippen LogP contribution in [-0.2, 0) is 16.6 Å². The predicted octanol–water partition coefficient (Wildman–Crippen LogP) is 4.76. The summed E-state index contributed by atoms with van der Waals surface area (Å²) in [6.07, 6.45) is 0. The van der Waals surface area contributed by atoms with Gasteiger partial charge in [-0.3, -0.25) is 0 Å². The monoisotopic (exact) mass is 466 g/mol. The quantitative estimate of drug-likeness (QED) is 0.544. The van der Waals surface area contributed by atoms with Crippen LogP contribution in [0.4, 0.5) is 0 Å². The van der Waals surface area contributed by atoms with Crippen molar-refractivity contribution in [1.82, 2.24) is 9.71 Å². The van der Waals surface area contributed by atoms with Crippen molar-refractivity contribution in [2.75, 3.05) is 6.61 Å². The Bertz CT molecular complexity index is 1030. The molecule has 0 fully saturated rings. The number of halogens is 1. The van der Waals surface area contributed by atoms with E-state index in [2.05, 4.69) is 25.6 Å². The second-order valence-electron chi connectivity index (χ2n) is 5.74. The third-order valence-electron chi connectivity index (χ3n) is 3.83. The molecular formula is C19H19BrN2O3S2. The maximum atomic E-state index is 12.8. The summed E-state index contributed by atoms with van der Waals surface area (Å²) in [6.45, 7) is 4.27. The number of sulfonamides is 1. The Kier molecular flexibility index (Phi) is 6.31. The predicted molar refractivity (Wildman–Crippen MR) is 112 cm³/mol. The standard InChI is InChI=1S/C19H19BrN2O3S2/c1-3-25-16-10-9-15(20)11-18(16)27(23,24)21-12-17-13(2)22-19(26-17)14-7-5-4-6-8-14/h4-11,21H,3,12H2,1-2H3. The highest BCUT2D eigenvalue weighted by atomic mass is 79.9. The summed E-state index contributed by atoms with van der Waals surface area (Å²) in [4.78, 5) is 5.56. The van der Waals surface area contributed by atoms with E-state index in [1.807, 2.05) is 44.2 Å². The second-order valence-corrected chi connectivity index (χ2v) is 9.48. The summed E-state index contributed by atoms with van der Waals surface area (Å²) >= 11 is 4.81. The Hall–Kier alpha value is -1.74. The third-order valence-corrected chi connectivity index (χ3v) is 6.95. The number of nitrogens with zero attached hydrogens (tertiary/aromatic N) is 1. The van der Waals surface area contributed by atoms with Gasteiger partial charge < -0.3 is 4.74 Å². The van der Waals surface area contributed by atoms with Crippen molar-refractivity contribution >= 4 is 37.3 Å². The zero-order valence-corrected chi connectivity index (χ0v) is 18.1. The highest BCUT2D eigenvalue weighted by Gasteiger charge is 2.21. The number of benzene rings is 2. The molecule has 0 atom stereocenters. The van der Waals surface area contributed by atoms with Crippen molar-refractivity contribution in [1.29, 1.82) is 0 Å². The smallest absolute Gasteiger partial charge is 0.244 e. The highest BCUT2D eigenvalue weighted by molar-refractivity contribution is 9.10. The molecule has 0 saturated carbocycles.